The molecule has 0 saturated heterocycles. The summed E-state index contributed by atoms with van der Waals surface area (Å²) in [6.45, 7) is 6.62. The topological polar surface area (TPSA) is 254 Å². The van der Waals surface area contributed by atoms with Crippen molar-refractivity contribution in [2.24, 2.45) is 11.5 Å². The summed E-state index contributed by atoms with van der Waals surface area (Å²) in [6, 6.07) is 6.46. The van der Waals surface area contributed by atoms with E-state index in [1.807, 2.05) is 0 Å². The third-order valence-corrected chi connectivity index (χ3v) is 12.2. The molecule has 2 rings (SSSR count). The molecule has 0 saturated carbocycles. The number of rotatable bonds is 24. The monoisotopic (exact) mass is 832 g/mol. The van der Waals surface area contributed by atoms with Gasteiger partial charge in [-0.3, -0.25) is 24.0 Å². The highest BCUT2D eigenvalue weighted by molar-refractivity contribution is 7.89. The zero-order valence-corrected chi connectivity index (χ0v) is 33.8. The number of carbonyl (C=O) groups excluding carboxylic acids is 5. The first-order valence-corrected chi connectivity index (χ1v) is 21.2. The minimum absolute atomic E-state index is 0.0431. The predicted molar refractivity (Wildman–Crippen MR) is 206 cm³/mol. The van der Waals surface area contributed by atoms with E-state index in [9.17, 15) is 40.8 Å². The molecule has 54 heavy (non-hydrogen) atoms. The van der Waals surface area contributed by atoms with E-state index in [4.69, 9.17) is 34.7 Å². The molecule has 0 aliphatic heterocycles. The van der Waals surface area contributed by atoms with E-state index in [-0.39, 0.29) is 22.6 Å². The molecular formula is C35H50Cl2N6O9S2. The number of halogens is 2. The standard InChI is InChI=1S/C35H50Cl2N6O9S2/c1-21-11-15-25(16-12-21)53(49,50)42-27(9-5-7-19-38)34(47)40-23(3)31(44)29(36)33(46)30(37)32(45)24(4)41-35(48)28(10-6-8-20-39)43-54(51,52)26-17-13-22(2)14-18-26/h11-18,23-24,27-30,42-43H,5-10,19-20,38-39H2,1-4H3,(H,40,47)(H,41,48)/t23-,24-,27-,28-,29?,30?/m0/s1. The molecule has 15 nitrogen and oxygen atoms in total. The van der Waals surface area contributed by atoms with Gasteiger partial charge in [-0.2, -0.15) is 9.44 Å². The molecule has 0 aromatic heterocycles. The van der Waals surface area contributed by atoms with Crippen LogP contribution in [0, 0.1) is 13.8 Å². The number of carbonyl (C=O) groups is 5. The van der Waals surface area contributed by atoms with Crippen LogP contribution in [-0.2, 0) is 44.0 Å². The van der Waals surface area contributed by atoms with E-state index >= 15 is 0 Å². The quantitative estimate of drug-likeness (QED) is 0.0502. The van der Waals surface area contributed by atoms with Crippen molar-refractivity contribution in [3.8, 4) is 0 Å². The fourth-order valence-corrected chi connectivity index (χ4v) is 8.19. The molecule has 8 N–H and O–H groups in total. The van der Waals surface area contributed by atoms with Gasteiger partial charge in [0.1, 0.15) is 12.1 Å². The zero-order valence-electron chi connectivity index (χ0n) is 30.6. The number of unbranched alkanes of at least 4 members (excludes halogenated alkanes) is 2. The Kier molecular flexibility index (Phi) is 18.8. The molecule has 2 aromatic carbocycles. The average Bonchev–Trinajstić information content (AvgIpc) is 3.12. The lowest BCUT2D eigenvalue weighted by atomic mass is 10.0. The minimum atomic E-state index is -4.15. The number of hydrogen-bond donors (Lipinski definition) is 6. The van der Waals surface area contributed by atoms with Crippen molar-refractivity contribution < 1.29 is 40.8 Å². The van der Waals surface area contributed by atoms with E-state index in [0.717, 1.165) is 11.1 Å². The normalized spacial score (nSPS) is 15.3. The van der Waals surface area contributed by atoms with Crippen LogP contribution < -0.4 is 31.5 Å². The molecule has 2 unspecified atom stereocenters. The predicted octanol–water partition coefficient (Wildman–Crippen LogP) is 1.49. The van der Waals surface area contributed by atoms with E-state index in [2.05, 4.69) is 20.1 Å². The smallest absolute Gasteiger partial charge is 0.241 e. The van der Waals surface area contributed by atoms with Crippen LogP contribution in [0.15, 0.2) is 58.3 Å². The number of nitrogens with two attached hydrogens (primary N) is 2. The van der Waals surface area contributed by atoms with Crippen LogP contribution in [0.5, 0.6) is 0 Å². The van der Waals surface area contributed by atoms with Crippen molar-refractivity contribution in [3.63, 3.8) is 0 Å². The molecule has 2 amide bonds. The Morgan fingerprint density at radius 3 is 1.19 bits per heavy atom. The number of sulfonamides is 2. The van der Waals surface area contributed by atoms with Crippen LogP contribution in [0.1, 0.15) is 63.5 Å². The van der Waals surface area contributed by atoms with Gasteiger partial charge in [-0.05, 0) is 90.7 Å². The number of nitrogens with one attached hydrogen (secondary N) is 4. The number of amides is 2. The summed E-state index contributed by atoms with van der Waals surface area (Å²) in [5.41, 5.74) is 12.8. The third-order valence-electron chi connectivity index (χ3n) is 8.35. The average molecular weight is 834 g/mol. The van der Waals surface area contributed by atoms with Crippen LogP contribution in [0.3, 0.4) is 0 Å². The molecule has 0 aliphatic carbocycles. The van der Waals surface area contributed by atoms with E-state index in [1.165, 1.54) is 38.1 Å². The van der Waals surface area contributed by atoms with Gasteiger partial charge >= 0.3 is 0 Å². The van der Waals surface area contributed by atoms with Crippen LogP contribution in [0.25, 0.3) is 0 Å². The number of ketones is 3. The van der Waals surface area contributed by atoms with Gasteiger partial charge in [-0.1, -0.05) is 48.2 Å². The lowest BCUT2D eigenvalue weighted by molar-refractivity contribution is -0.134. The van der Waals surface area contributed by atoms with Crippen LogP contribution >= 0.6 is 23.2 Å². The molecule has 0 bridgehead atoms. The molecule has 300 valence electrons. The first-order chi connectivity index (χ1) is 25.2. The zero-order chi connectivity index (χ0) is 40.8. The molecule has 0 radical (unpaired) electrons. The van der Waals surface area contributed by atoms with Crippen molar-refractivity contribution in [2.45, 2.75) is 111 Å². The second-order valence-electron chi connectivity index (χ2n) is 12.9. The fourth-order valence-electron chi connectivity index (χ4n) is 5.04. The van der Waals surface area contributed by atoms with Crippen LogP contribution in [-0.4, -0.2) is 94.0 Å². The highest BCUT2D eigenvalue weighted by Gasteiger charge is 2.39. The summed E-state index contributed by atoms with van der Waals surface area (Å²) in [7, 11) is -8.30. The van der Waals surface area contributed by atoms with Crippen LogP contribution in [0.2, 0.25) is 0 Å². The molecular weight excluding hydrogens is 783 g/mol. The number of Topliss-reactive ketones (excluding diaryl/α,β-unsaturated/α-hetero) is 3. The van der Waals surface area contributed by atoms with Crippen molar-refractivity contribution in [1.29, 1.82) is 0 Å². The van der Waals surface area contributed by atoms with Gasteiger partial charge < -0.3 is 22.1 Å². The van der Waals surface area contributed by atoms with Gasteiger partial charge in [0.2, 0.25) is 31.9 Å². The largest absolute Gasteiger partial charge is 0.345 e. The lowest BCUT2D eigenvalue weighted by Gasteiger charge is -2.23. The molecule has 0 aliphatic rings. The van der Waals surface area contributed by atoms with Gasteiger partial charge in [0.15, 0.2) is 28.1 Å². The van der Waals surface area contributed by atoms with Gasteiger partial charge in [0.25, 0.3) is 0 Å². The maximum atomic E-state index is 13.2. The molecule has 2 aromatic rings. The van der Waals surface area contributed by atoms with Gasteiger partial charge in [0.05, 0.1) is 21.9 Å². The number of aryl methyl sites for hydroxylation is 2. The summed E-state index contributed by atoms with van der Waals surface area (Å²) in [4.78, 5) is 65.8. The van der Waals surface area contributed by atoms with Gasteiger partial charge in [-0.25, -0.2) is 16.8 Å². The maximum Gasteiger partial charge on any atom is 0.241 e. The molecule has 0 spiro atoms. The van der Waals surface area contributed by atoms with Gasteiger partial charge in [-0.15, -0.1) is 23.2 Å². The highest BCUT2D eigenvalue weighted by atomic mass is 35.5. The van der Waals surface area contributed by atoms with Gasteiger partial charge in [0, 0.05) is 0 Å². The van der Waals surface area contributed by atoms with E-state index in [0.29, 0.717) is 38.8 Å². The molecule has 0 fully saturated rings. The number of alkyl halides is 2. The first kappa shape index (κ1) is 46.9. The second kappa shape index (κ2) is 21.7. The molecule has 0 heterocycles. The summed E-state index contributed by atoms with van der Waals surface area (Å²) in [5, 5.41) is 0.726. The van der Waals surface area contributed by atoms with Crippen molar-refractivity contribution in [2.75, 3.05) is 13.1 Å². The Morgan fingerprint density at radius 2 is 0.889 bits per heavy atom. The molecule has 19 heteroatoms. The molecule has 6 atom stereocenters. The van der Waals surface area contributed by atoms with E-state index < -0.39 is 84.1 Å². The summed E-state index contributed by atoms with van der Waals surface area (Å²) >= 11 is 12.3. The Hall–Kier alpha value is -3.29. The summed E-state index contributed by atoms with van der Waals surface area (Å²) in [5.74, 6) is -5.02. The maximum absolute atomic E-state index is 13.2. The fraction of sp³-hybridized carbons (Fsp3) is 0.514. The highest BCUT2D eigenvalue weighted by Crippen LogP contribution is 2.17. The Labute approximate surface area is 327 Å². The van der Waals surface area contributed by atoms with E-state index in [1.54, 1.807) is 38.1 Å². The lowest BCUT2D eigenvalue weighted by Crippen LogP contribution is -2.54. The van der Waals surface area contributed by atoms with Crippen LogP contribution in [0.4, 0.5) is 0 Å². The van der Waals surface area contributed by atoms with Crippen molar-refractivity contribution in [3.05, 3.63) is 59.7 Å². The Balaban J connectivity index is 2.11. The number of hydrogen-bond acceptors (Lipinski definition) is 11. The Bertz CT molecular complexity index is 1700. The SMILES string of the molecule is Cc1ccc(S(=O)(=O)N[C@@H](CCCCN)C(=O)N[C@@H](C)C(=O)C(Cl)C(=O)C(Cl)C(=O)[C@H](C)NC(=O)[C@H](CCCCN)NS(=O)(=O)c2ccc(C)cc2)cc1. The minimum Gasteiger partial charge on any atom is -0.345 e. The second-order valence-corrected chi connectivity index (χ2v) is 17.2. The third kappa shape index (κ3) is 14.1. The Morgan fingerprint density at radius 1 is 0.574 bits per heavy atom. The number of benzene rings is 2. The van der Waals surface area contributed by atoms with Crippen molar-refractivity contribution in [1.82, 2.24) is 20.1 Å². The summed E-state index contributed by atoms with van der Waals surface area (Å²) < 4.78 is 56.9. The first-order valence-electron chi connectivity index (χ1n) is 17.3. The summed E-state index contributed by atoms with van der Waals surface area (Å²) in [6.07, 6.45) is 1.82. The van der Waals surface area contributed by atoms with Crippen molar-refractivity contribution >= 4 is 72.4 Å².